The number of carbonyl (C=O) groups is 1. The molecule has 0 radical (unpaired) electrons. The van der Waals surface area contributed by atoms with Crippen LogP contribution in [0.15, 0.2) is 24.8 Å². The van der Waals surface area contributed by atoms with Crippen LogP contribution in [0, 0.1) is 0 Å². The van der Waals surface area contributed by atoms with Crippen molar-refractivity contribution in [3.63, 3.8) is 0 Å². The maximum absolute atomic E-state index is 12.0. The predicted molar refractivity (Wildman–Crippen MR) is 74.6 cm³/mol. The van der Waals surface area contributed by atoms with Crippen molar-refractivity contribution in [3.8, 4) is 0 Å². The summed E-state index contributed by atoms with van der Waals surface area (Å²) in [4.78, 5) is 16.0. The molecule has 7 heteroatoms. The summed E-state index contributed by atoms with van der Waals surface area (Å²) in [7, 11) is 0. The maximum Gasteiger partial charge on any atom is 0.255 e. The Kier molecular flexibility index (Phi) is 5.29. The molecule has 1 amide bonds. The topological polar surface area (TPSA) is 68.5 Å². The van der Waals surface area contributed by atoms with Crippen LogP contribution in [0.25, 0.3) is 5.52 Å². The molecule has 0 aliphatic heterocycles. The molecule has 0 saturated carbocycles. The summed E-state index contributed by atoms with van der Waals surface area (Å²) >= 11 is 3.28. The second kappa shape index (κ2) is 7.20. The van der Waals surface area contributed by atoms with Gasteiger partial charge in [0, 0.05) is 30.9 Å². The molecule has 0 fully saturated rings. The smallest absolute Gasteiger partial charge is 0.255 e. The number of hydrogen-bond acceptors (Lipinski definition) is 4. The molecular weight excluding hydrogens is 312 g/mol. The summed E-state index contributed by atoms with van der Waals surface area (Å²) in [6.07, 6.45) is 7.30. The first-order chi connectivity index (χ1) is 9.33. The molecule has 0 spiro atoms. The number of aromatic nitrogens is 3. The lowest BCUT2D eigenvalue weighted by Crippen LogP contribution is -2.25. The maximum atomic E-state index is 12.0. The number of alkyl halides is 1. The van der Waals surface area contributed by atoms with Gasteiger partial charge in [-0.25, -0.2) is 4.52 Å². The fourth-order valence-electron chi connectivity index (χ4n) is 1.64. The molecule has 0 aliphatic rings. The predicted octanol–water partition coefficient (Wildman–Crippen LogP) is 1.26. The van der Waals surface area contributed by atoms with Crippen molar-refractivity contribution in [3.05, 3.63) is 30.4 Å². The highest BCUT2D eigenvalue weighted by atomic mass is 79.9. The highest BCUT2D eigenvalue weighted by Gasteiger charge is 2.11. The molecule has 1 N–H and O–H groups in total. The van der Waals surface area contributed by atoms with E-state index in [1.54, 1.807) is 29.3 Å². The normalized spacial score (nSPS) is 10.8. The number of nitrogens with one attached hydrogen (secondary N) is 1. The number of carbonyl (C=O) groups excluding carboxylic acids is 1. The summed E-state index contributed by atoms with van der Waals surface area (Å²) in [6.45, 7) is 1.91. The van der Waals surface area contributed by atoms with E-state index in [9.17, 15) is 4.79 Å². The molecule has 0 aromatic carbocycles. The summed E-state index contributed by atoms with van der Waals surface area (Å²) in [6, 6.07) is 0. The van der Waals surface area contributed by atoms with E-state index in [2.05, 4.69) is 31.3 Å². The lowest BCUT2D eigenvalue weighted by Gasteiger charge is -2.04. The minimum absolute atomic E-state index is 0.136. The van der Waals surface area contributed by atoms with Crippen LogP contribution in [0.3, 0.4) is 0 Å². The lowest BCUT2D eigenvalue weighted by molar-refractivity contribution is 0.0946. The number of amides is 1. The zero-order chi connectivity index (χ0) is 13.5. The number of nitrogens with zero attached hydrogens (tertiary/aromatic N) is 3. The molecule has 2 rings (SSSR count). The van der Waals surface area contributed by atoms with Gasteiger partial charge in [0.15, 0.2) is 0 Å². The van der Waals surface area contributed by atoms with Crippen LogP contribution in [0.4, 0.5) is 0 Å². The molecule has 2 aromatic rings. The number of fused-ring (bicyclic) bond motifs is 1. The van der Waals surface area contributed by atoms with Crippen molar-refractivity contribution < 1.29 is 9.53 Å². The third kappa shape index (κ3) is 3.74. The number of hydrogen-bond donors (Lipinski definition) is 1. The third-order valence-electron chi connectivity index (χ3n) is 2.54. The fourth-order valence-corrected chi connectivity index (χ4v) is 1.87. The molecule has 2 aromatic heterocycles. The Morgan fingerprint density at radius 2 is 2.32 bits per heavy atom. The monoisotopic (exact) mass is 326 g/mol. The molecule has 2 heterocycles. The number of halogens is 1. The average Bonchev–Trinajstić information content (AvgIpc) is 2.86. The summed E-state index contributed by atoms with van der Waals surface area (Å²) in [5.74, 6) is -0.136. The van der Waals surface area contributed by atoms with E-state index in [0.29, 0.717) is 30.8 Å². The highest BCUT2D eigenvalue weighted by Crippen LogP contribution is 2.07. The SMILES string of the molecule is O=C(NCCCOCCBr)c1cnn2ccncc12. The van der Waals surface area contributed by atoms with Crippen LogP contribution in [-0.4, -0.2) is 45.6 Å². The second-order valence-electron chi connectivity index (χ2n) is 3.88. The van der Waals surface area contributed by atoms with Crippen LogP contribution >= 0.6 is 15.9 Å². The first-order valence-electron chi connectivity index (χ1n) is 6.02. The Labute approximate surface area is 119 Å². The third-order valence-corrected chi connectivity index (χ3v) is 2.87. The Balaban J connectivity index is 1.83. The van der Waals surface area contributed by atoms with Gasteiger partial charge in [-0.1, -0.05) is 15.9 Å². The summed E-state index contributed by atoms with van der Waals surface area (Å²) < 4.78 is 6.93. The lowest BCUT2D eigenvalue weighted by atomic mass is 10.2. The average molecular weight is 327 g/mol. The van der Waals surface area contributed by atoms with Crippen molar-refractivity contribution in [1.82, 2.24) is 19.9 Å². The second-order valence-corrected chi connectivity index (χ2v) is 4.67. The standard InChI is InChI=1S/C12H15BrN4O2/c13-2-7-19-6-1-3-15-12(18)10-8-16-17-5-4-14-9-11(10)17/h4-5,8-9H,1-3,6-7H2,(H,15,18). The van der Waals surface area contributed by atoms with Gasteiger partial charge < -0.3 is 10.1 Å². The molecule has 0 bridgehead atoms. The van der Waals surface area contributed by atoms with Crippen LogP contribution in [-0.2, 0) is 4.74 Å². The minimum Gasteiger partial charge on any atom is -0.381 e. The Morgan fingerprint density at radius 3 is 3.16 bits per heavy atom. The Bertz CT molecular complexity index is 543. The Morgan fingerprint density at radius 1 is 1.42 bits per heavy atom. The van der Waals surface area contributed by atoms with Gasteiger partial charge in [0.1, 0.15) is 0 Å². The van der Waals surface area contributed by atoms with Gasteiger partial charge in [0.2, 0.25) is 0 Å². The number of ether oxygens (including phenoxy) is 1. The van der Waals surface area contributed by atoms with Crippen LogP contribution in [0.2, 0.25) is 0 Å². The van der Waals surface area contributed by atoms with Gasteiger partial charge in [-0.3, -0.25) is 9.78 Å². The van der Waals surface area contributed by atoms with E-state index in [-0.39, 0.29) is 5.91 Å². The van der Waals surface area contributed by atoms with Gasteiger partial charge >= 0.3 is 0 Å². The highest BCUT2D eigenvalue weighted by molar-refractivity contribution is 9.09. The van der Waals surface area contributed by atoms with Crippen LogP contribution in [0.5, 0.6) is 0 Å². The van der Waals surface area contributed by atoms with Crippen molar-refractivity contribution in [2.24, 2.45) is 0 Å². The van der Waals surface area contributed by atoms with E-state index in [1.807, 2.05) is 0 Å². The first-order valence-corrected chi connectivity index (χ1v) is 7.14. The first kappa shape index (κ1) is 14.0. The molecule has 0 aliphatic carbocycles. The van der Waals surface area contributed by atoms with E-state index in [1.165, 1.54) is 0 Å². The van der Waals surface area contributed by atoms with Gasteiger partial charge in [0.25, 0.3) is 5.91 Å². The van der Waals surface area contributed by atoms with E-state index in [4.69, 9.17) is 4.74 Å². The number of rotatable bonds is 7. The molecule has 0 atom stereocenters. The molecule has 102 valence electrons. The van der Waals surface area contributed by atoms with E-state index < -0.39 is 0 Å². The van der Waals surface area contributed by atoms with Crippen LogP contribution < -0.4 is 5.32 Å². The molecule has 0 unspecified atom stereocenters. The molecular formula is C12H15BrN4O2. The van der Waals surface area contributed by atoms with Crippen molar-refractivity contribution >= 4 is 27.4 Å². The van der Waals surface area contributed by atoms with Crippen LogP contribution in [0.1, 0.15) is 16.8 Å². The molecule has 19 heavy (non-hydrogen) atoms. The van der Waals surface area contributed by atoms with Gasteiger partial charge in [-0.15, -0.1) is 0 Å². The van der Waals surface area contributed by atoms with Gasteiger partial charge in [-0.2, -0.15) is 5.10 Å². The summed E-state index contributed by atoms with van der Waals surface area (Å²) in [5.41, 5.74) is 1.24. The van der Waals surface area contributed by atoms with Gasteiger partial charge in [-0.05, 0) is 6.42 Å². The largest absolute Gasteiger partial charge is 0.381 e. The fraction of sp³-hybridized carbons (Fsp3) is 0.417. The van der Waals surface area contributed by atoms with Crippen molar-refractivity contribution in [1.29, 1.82) is 0 Å². The summed E-state index contributed by atoms with van der Waals surface area (Å²) in [5, 5.41) is 7.76. The molecule has 6 nitrogen and oxygen atoms in total. The van der Waals surface area contributed by atoms with Gasteiger partial charge in [0.05, 0.1) is 30.1 Å². The molecule has 0 saturated heterocycles. The quantitative estimate of drug-likeness (QED) is 0.614. The minimum atomic E-state index is -0.136. The van der Waals surface area contributed by atoms with Crippen molar-refractivity contribution in [2.45, 2.75) is 6.42 Å². The van der Waals surface area contributed by atoms with E-state index in [0.717, 1.165) is 11.8 Å². The Hall–Kier alpha value is -1.47. The van der Waals surface area contributed by atoms with E-state index >= 15 is 0 Å². The zero-order valence-corrected chi connectivity index (χ0v) is 12.0. The zero-order valence-electron chi connectivity index (χ0n) is 10.4. The van der Waals surface area contributed by atoms with Crippen molar-refractivity contribution in [2.75, 3.05) is 25.1 Å².